The molecule has 1 N–H and O–H groups in total. The summed E-state index contributed by atoms with van der Waals surface area (Å²) >= 11 is 0. The Hall–Kier alpha value is -2.38. The maximum absolute atomic E-state index is 11.3. The topological polar surface area (TPSA) is 108 Å². The highest BCUT2D eigenvalue weighted by molar-refractivity contribution is 5.75. The van der Waals surface area contributed by atoms with Crippen molar-refractivity contribution in [3.8, 4) is 0 Å². The molecule has 0 aromatic heterocycles. The van der Waals surface area contributed by atoms with Crippen LogP contribution in [0.1, 0.15) is 27.7 Å². The van der Waals surface area contributed by atoms with Crippen molar-refractivity contribution >= 4 is 23.8 Å². The predicted molar refractivity (Wildman–Crippen MR) is 73.4 cm³/mol. The summed E-state index contributed by atoms with van der Waals surface area (Å²) in [6, 6.07) is -0.824. The molecule has 0 spiro atoms. The quantitative estimate of drug-likeness (QED) is 0.437. The van der Waals surface area contributed by atoms with Crippen molar-refractivity contribution in [1.82, 2.24) is 5.32 Å². The van der Waals surface area contributed by atoms with Gasteiger partial charge in [0.1, 0.15) is 0 Å². The molecule has 0 aromatic rings. The first-order chi connectivity index (χ1) is 10.1. The lowest BCUT2D eigenvalue weighted by Gasteiger charge is -2.25. The van der Waals surface area contributed by atoms with E-state index in [1.165, 1.54) is 27.7 Å². The molecule has 1 fully saturated rings. The number of rotatable bonds is 4. The fraction of sp³-hybridized carbons (Fsp3) is 0.571. The molecular weight excluding hydrogens is 294 g/mol. The summed E-state index contributed by atoms with van der Waals surface area (Å²) in [5, 5.41) is 2.56. The van der Waals surface area contributed by atoms with E-state index in [4.69, 9.17) is 14.2 Å². The number of esters is 3. The Morgan fingerprint density at radius 1 is 0.864 bits per heavy atom. The maximum atomic E-state index is 11.3. The zero-order valence-electron chi connectivity index (χ0n) is 12.9. The molecular formula is C14H19NO7. The van der Waals surface area contributed by atoms with Crippen molar-refractivity contribution < 1.29 is 33.4 Å². The minimum Gasteiger partial charge on any atom is -0.456 e. The van der Waals surface area contributed by atoms with Gasteiger partial charge < -0.3 is 19.5 Å². The highest BCUT2D eigenvalue weighted by Crippen LogP contribution is 2.33. The molecule has 22 heavy (non-hydrogen) atoms. The van der Waals surface area contributed by atoms with Gasteiger partial charge in [0.05, 0.1) is 6.04 Å². The second-order valence-corrected chi connectivity index (χ2v) is 4.93. The number of ether oxygens (including phenoxy) is 3. The fourth-order valence-corrected chi connectivity index (χ4v) is 2.32. The van der Waals surface area contributed by atoms with Gasteiger partial charge in [-0.05, 0) is 5.57 Å². The number of hydrogen-bond acceptors (Lipinski definition) is 7. The molecule has 0 heterocycles. The molecule has 0 saturated heterocycles. The molecule has 0 bridgehead atoms. The molecule has 1 amide bonds. The van der Waals surface area contributed by atoms with Crippen LogP contribution in [0.25, 0.3) is 0 Å². The lowest BCUT2D eigenvalue weighted by atomic mass is 10.1. The van der Waals surface area contributed by atoms with Crippen LogP contribution >= 0.6 is 0 Å². The molecule has 122 valence electrons. The van der Waals surface area contributed by atoms with Crippen molar-refractivity contribution in [2.75, 3.05) is 0 Å². The van der Waals surface area contributed by atoms with E-state index in [2.05, 4.69) is 11.9 Å². The largest absolute Gasteiger partial charge is 0.456 e. The van der Waals surface area contributed by atoms with Crippen LogP contribution in [0.2, 0.25) is 0 Å². The number of hydrogen-bond donors (Lipinski definition) is 1. The van der Waals surface area contributed by atoms with Crippen molar-refractivity contribution in [2.24, 2.45) is 0 Å². The zero-order valence-corrected chi connectivity index (χ0v) is 12.9. The SMILES string of the molecule is C=C1[C@@H](NC(C)=O)[C@@H](OC(C)=O)[C@H](OC(C)=O)[C@H]1OC(C)=O. The Morgan fingerprint density at radius 2 is 1.32 bits per heavy atom. The van der Waals surface area contributed by atoms with Crippen molar-refractivity contribution in [3.63, 3.8) is 0 Å². The molecule has 1 rings (SSSR count). The summed E-state index contributed by atoms with van der Waals surface area (Å²) in [6.45, 7) is 8.57. The summed E-state index contributed by atoms with van der Waals surface area (Å²) in [5.41, 5.74) is 0.280. The van der Waals surface area contributed by atoms with E-state index >= 15 is 0 Å². The first-order valence-electron chi connectivity index (χ1n) is 6.61. The van der Waals surface area contributed by atoms with Gasteiger partial charge in [-0.25, -0.2) is 0 Å². The maximum Gasteiger partial charge on any atom is 0.303 e. The van der Waals surface area contributed by atoms with E-state index in [-0.39, 0.29) is 5.57 Å². The van der Waals surface area contributed by atoms with Gasteiger partial charge in [0.25, 0.3) is 0 Å². The van der Waals surface area contributed by atoms with E-state index in [1.54, 1.807) is 0 Å². The van der Waals surface area contributed by atoms with Gasteiger partial charge in [-0.3, -0.25) is 19.2 Å². The Labute approximate surface area is 127 Å². The van der Waals surface area contributed by atoms with E-state index in [0.29, 0.717) is 0 Å². The standard InChI is InChI=1S/C14H19NO7/c1-6-11(15-7(2)16)13(21-9(4)18)14(22-10(5)19)12(6)20-8(3)17/h11-14H,1H2,2-5H3,(H,15,16)/t11-,12+,13-,14-/m1/s1. The smallest absolute Gasteiger partial charge is 0.303 e. The van der Waals surface area contributed by atoms with Gasteiger partial charge in [-0.1, -0.05) is 6.58 Å². The summed E-state index contributed by atoms with van der Waals surface area (Å²) < 4.78 is 15.4. The van der Waals surface area contributed by atoms with Crippen LogP contribution in [-0.2, 0) is 33.4 Å². The van der Waals surface area contributed by atoms with Crippen LogP contribution < -0.4 is 5.32 Å². The number of amides is 1. The van der Waals surface area contributed by atoms with Gasteiger partial charge in [0, 0.05) is 27.7 Å². The number of carbonyl (C=O) groups is 4. The molecule has 4 atom stereocenters. The Bertz CT molecular complexity index is 469. The van der Waals surface area contributed by atoms with Crippen LogP contribution in [0.3, 0.4) is 0 Å². The lowest BCUT2D eigenvalue weighted by molar-refractivity contribution is -0.174. The number of carbonyl (C=O) groups excluding carboxylic acids is 4. The molecule has 1 saturated carbocycles. The van der Waals surface area contributed by atoms with E-state index in [1.807, 2.05) is 0 Å². The Balaban J connectivity index is 3.17. The molecule has 0 aliphatic heterocycles. The van der Waals surface area contributed by atoms with Gasteiger partial charge >= 0.3 is 17.9 Å². The molecule has 8 nitrogen and oxygen atoms in total. The third-order valence-corrected chi connectivity index (χ3v) is 2.97. The molecule has 1 aliphatic rings. The van der Waals surface area contributed by atoms with E-state index in [9.17, 15) is 19.2 Å². The second kappa shape index (κ2) is 7.06. The Morgan fingerprint density at radius 3 is 1.73 bits per heavy atom. The van der Waals surface area contributed by atoms with Crippen molar-refractivity contribution in [3.05, 3.63) is 12.2 Å². The normalized spacial score (nSPS) is 27.0. The summed E-state index contributed by atoms with van der Waals surface area (Å²) in [6.07, 6.45) is -3.11. The van der Waals surface area contributed by atoms with Gasteiger partial charge in [-0.15, -0.1) is 0 Å². The summed E-state index contributed by atoms with van der Waals surface area (Å²) in [7, 11) is 0. The van der Waals surface area contributed by atoms with Gasteiger partial charge in [0.2, 0.25) is 5.91 Å². The van der Waals surface area contributed by atoms with E-state index < -0.39 is 48.2 Å². The second-order valence-electron chi connectivity index (χ2n) is 4.93. The monoisotopic (exact) mass is 313 g/mol. The third kappa shape index (κ3) is 4.31. The fourth-order valence-electron chi connectivity index (χ4n) is 2.32. The highest BCUT2D eigenvalue weighted by Gasteiger charge is 2.52. The molecule has 8 heteroatoms. The van der Waals surface area contributed by atoms with Crippen molar-refractivity contribution in [2.45, 2.75) is 52.0 Å². The average Bonchev–Trinajstić information content (AvgIpc) is 2.54. The first-order valence-corrected chi connectivity index (χ1v) is 6.61. The summed E-state index contributed by atoms with van der Waals surface area (Å²) in [4.78, 5) is 45.1. The zero-order chi connectivity index (χ0) is 17.0. The van der Waals surface area contributed by atoms with Gasteiger partial charge in [0.15, 0.2) is 18.3 Å². The molecule has 0 radical (unpaired) electrons. The lowest BCUT2D eigenvalue weighted by Crippen LogP contribution is -2.46. The van der Waals surface area contributed by atoms with Crippen LogP contribution in [0.15, 0.2) is 12.2 Å². The third-order valence-electron chi connectivity index (χ3n) is 2.97. The predicted octanol–water partition coefficient (Wildman–Crippen LogP) is -0.144. The molecule has 0 unspecified atom stereocenters. The van der Waals surface area contributed by atoms with Crippen LogP contribution in [0, 0.1) is 0 Å². The van der Waals surface area contributed by atoms with Gasteiger partial charge in [-0.2, -0.15) is 0 Å². The average molecular weight is 313 g/mol. The minimum atomic E-state index is -1.07. The number of nitrogens with one attached hydrogen (secondary N) is 1. The Kier molecular flexibility index (Phi) is 5.67. The minimum absolute atomic E-state index is 0.280. The van der Waals surface area contributed by atoms with E-state index in [0.717, 1.165) is 0 Å². The highest BCUT2D eigenvalue weighted by atomic mass is 16.6. The van der Waals surface area contributed by atoms with Crippen LogP contribution in [0.5, 0.6) is 0 Å². The molecule has 0 aromatic carbocycles. The summed E-state index contributed by atoms with van der Waals surface area (Å²) in [5.74, 6) is -2.29. The molecule has 1 aliphatic carbocycles. The first kappa shape index (κ1) is 17.7. The van der Waals surface area contributed by atoms with Crippen LogP contribution in [0.4, 0.5) is 0 Å². The van der Waals surface area contributed by atoms with Crippen molar-refractivity contribution in [1.29, 1.82) is 0 Å². The van der Waals surface area contributed by atoms with Crippen LogP contribution in [-0.4, -0.2) is 48.2 Å².